The Morgan fingerprint density at radius 2 is 2.60 bits per heavy atom. The van der Waals surface area contributed by atoms with Crippen molar-refractivity contribution < 1.29 is 0 Å². The lowest BCUT2D eigenvalue weighted by Crippen LogP contribution is -2.13. The normalized spacial score (nSPS) is 13.4. The third kappa shape index (κ3) is 1.52. The van der Waals surface area contributed by atoms with Gasteiger partial charge in [-0.15, -0.1) is 5.10 Å². The first-order valence-corrected chi connectivity index (χ1v) is 4.10. The van der Waals surface area contributed by atoms with Gasteiger partial charge in [0.05, 0.1) is 11.1 Å². The molecule has 0 aliphatic carbocycles. The topological polar surface area (TPSA) is 37.8 Å². The van der Waals surface area contributed by atoms with Gasteiger partial charge in [0.2, 0.25) is 0 Å². The number of hydrogen-bond donors (Lipinski definition) is 1. The van der Waals surface area contributed by atoms with Gasteiger partial charge in [0.1, 0.15) is 0 Å². The lowest BCUT2D eigenvalue weighted by Gasteiger charge is -2.08. The largest absolute Gasteiger partial charge is 0.312 e. The highest BCUT2D eigenvalue weighted by molar-refractivity contribution is 7.05. The Morgan fingerprint density at radius 1 is 1.80 bits per heavy atom. The van der Waals surface area contributed by atoms with E-state index in [9.17, 15) is 0 Å². The van der Waals surface area contributed by atoms with Crippen molar-refractivity contribution in [3.63, 3.8) is 0 Å². The van der Waals surface area contributed by atoms with Crippen molar-refractivity contribution in [3.8, 4) is 0 Å². The standard InChI is InChI=1S/C6H11N3S/c1-3-5(7-2)6-4-8-9-10-6/h4-5,7H,3H2,1-2H3. The van der Waals surface area contributed by atoms with E-state index < -0.39 is 0 Å². The van der Waals surface area contributed by atoms with Crippen molar-refractivity contribution in [2.24, 2.45) is 0 Å². The fraction of sp³-hybridized carbons (Fsp3) is 0.667. The van der Waals surface area contributed by atoms with Crippen molar-refractivity contribution in [1.82, 2.24) is 14.9 Å². The predicted octanol–water partition coefficient (Wildman–Crippen LogP) is 1.21. The third-order valence-corrected chi connectivity index (χ3v) is 2.26. The summed E-state index contributed by atoms with van der Waals surface area (Å²) in [6.45, 7) is 2.14. The van der Waals surface area contributed by atoms with E-state index in [0.29, 0.717) is 6.04 Å². The molecule has 10 heavy (non-hydrogen) atoms. The molecule has 0 spiro atoms. The van der Waals surface area contributed by atoms with Gasteiger partial charge in [0.25, 0.3) is 0 Å². The van der Waals surface area contributed by atoms with Gasteiger partial charge in [0.15, 0.2) is 0 Å². The van der Waals surface area contributed by atoms with Gasteiger partial charge >= 0.3 is 0 Å². The second kappa shape index (κ2) is 3.63. The molecule has 1 atom stereocenters. The maximum Gasteiger partial charge on any atom is 0.0669 e. The van der Waals surface area contributed by atoms with E-state index in [1.807, 2.05) is 13.2 Å². The van der Waals surface area contributed by atoms with E-state index in [-0.39, 0.29) is 0 Å². The van der Waals surface area contributed by atoms with Crippen molar-refractivity contribution >= 4 is 11.5 Å². The zero-order valence-electron chi connectivity index (χ0n) is 6.16. The fourth-order valence-corrected chi connectivity index (χ4v) is 1.57. The third-order valence-electron chi connectivity index (χ3n) is 1.48. The molecule has 1 heterocycles. The molecule has 0 bridgehead atoms. The molecule has 0 fully saturated rings. The van der Waals surface area contributed by atoms with Crippen LogP contribution in [0.3, 0.4) is 0 Å². The van der Waals surface area contributed by atoms with Gasteiger partial charge in [-0.1, -0.05) is 11.4 Å². The molecule has 1 N–H and O–H groups in total. The van der Waals surface area contributed by atoms with Gasteiger partial charge in [-0.2, -0.15) is 0 Å². The Balaban J connectivity index is 2.64. The van der Waals surface area contributed by atoms with Crippen LogP contribution in [0, 0.1) is 0 Å². The van der Waals surface area contributed by atoms with Crippen molar-refractivity contribution in [3.05, 3.63) is 11.1 Å². The molecule has 1 aromatic rings. The molecule has 4 heteroatoms. The van der Waals surface area contributed by atoms with Crippen LogP contribution in [0.5, 0.6) is 0 Å². The monoisotopic (exact) mass is 157 g/mol. The summed E-state index contributed by atoms with van der Waals surface area (Å²) in [5.41, 5.74) is 0. The van der Waals surface area contributed by atoms with Gasteiger partial charge < -0.3 is 5.32 Å². The van der Waals surface area contributed by atoms with Crippen LogP contribution in [0.25, 0.3) is 0 Å². The summed E-state index contributed by atoms with van der Waals surface area (Å²) in [6.07, 6.45) is 2.90. The molecule has 0 saturated carbocycles. The average Bonchev–Trinajstić information content (AvgIpc) is 2.43. The highest BCUT2D eigenvalue weighted by Gasteiger charge is 2.07. The number of nitrogens with one attached hydrogen (secondary N) is 1. The molecule has 1 unspecified atom stereocenters. The molecule has 3 nitrogen and oxygen atoms in total. The van der Waals surface area contributed by atoms with E-state index in [1.54, 1.807) is 0 Å². The maximum absolute atomic E-state index is 3.79. The minimum atomic E-state index is 0.431. The summed E-state index contributed by atoms with van der Waals surface area (Å²) >= 11 is 1.46. The molecule has 1 rings (SSSR count). The number of aromatic nitrogens is 2. The van der Waals surface area contributed by atoms with E-state index in [1.165, 1.54) is 16.4 Å². The molecule has 0 aromatic carbocycles. The minimum Gasteiger partial charge on any atom is -0.312 e. The van der Waals surface area contributed by atoms with E-state index in [0.717, 1.165) is 6.42 Å². The van der Waals surface area contributed by atoms with Crippen LogP contribution < -0.4 is 5.32 Å². The molecule has 0 saturated heterocycles. The van der Waals surface area contributed by atoms with E-state index in [4.69, 9.17) is 0 Å². The summed E-state index contributed by atoms with van der Waals surface area (Å²) in [7, 11) is 1.95. The Kier molecular flexibility index (Phi) is 2.77. The number of hydrogen-bond acceptors (Lipinski definition) is 4. The smallest absolute Gasteiger partial charge is 0.0669 e. The summed E-state index contributed by atoms with van der Waals surface area (Å²) in [6, 6.07) is 0.431. The zero-order chi connectivity index (χ0) is 7.40. The van der Waals surface area contributed by atoms with E-state index in [2.05, 4.69) is 21.8 Å². The Bertz CT molecular complexity index is 169. The molecular formula is C6H11N3S. The molecule has 0 aliphatic rings. The molecule has 1 aromatic heterocycles. The van der Waals surface area contributed by atoms with Gasteiger partial charge in [-0.3, -0.25) is 0 Å². The Morgan fingerprint density at radius 3 is 3.00 bits per heavy atom. The second-order valence-electron chi connectivity index (χ2n) is 2.07. The van der Waals surface area contributed by atoms with Crippen molar-refractivity contribution in [2.75, 3.05) is 7.05 Å². The first-order chi connectivity index (χ1) is 4.88. The highest BCUT2D eigenvalue weighted by Crippen LogP contribution is 2.17. The maximum atomic E-state index is 3.79. The van der Waals surface area contributed by atoms with Crippen LogP contribution in [0.1, 0.15) is 24.3 Å². The lowest BCUT2D eigenvalue weighted by molar-refractivity contribution is 0.585. The Labute approximate surface area is 64.6 Å². The zero-order valence-corrected chi connectivity index (χ0v) is 6.98. The molecule has 0 radical (unpaired) electrons. The van der Waals surface area contributed by atoms with Crippen LogP contribution in [0.15, 0.2) is 6.20 Å². The highest BCUT2D eigenvalue weighted by atomic mass is 32.1. The summed E-state index contributed by atoms with van der Waals surface area (Å²) < 4.78 is 3.79. The quantitative estimate of drug-likeness (QED) is 0.716. The number of rotatable bonds is 3. The van der Waals surface area contributed by atoms with Gasteiger partial charge in [-0.25, -0.2) is 0 Å². The number of nitrogens with zero attached hydrogens (tertiary/aromatic N) is 2. The molecule has 0 amide bonds. The summed E-state index contributed by atoms with van der Waals surface area (Å²) in [4.78, 5) is 1.21. The predicted molar refractivity (Wildman–Crippen MR) is 42.0 cm³/mol. The van der Waals surface area contributed by atoms with Crippen LogP contribution in [-0.2, 0) is 0 Å². The average molecular weight is 157 g/mol. The van der Waals surface area contributed by atoms with Gasteiger partial charge in [-0.05, 0) is 25.0 Å². The minimum absolute atomic E-state index is 0.431. The SMILES string of the molecule is CCC(NC)c1cnns1. The van der Waals surface area contributed by atoms with Gasteiger partial charge in [0, 0.05) is 6.04 Å². The molecule has 0 aliphatic heterocycles. The van der Waals surface area contributed by atoms with Crippen LogP contribution in [-0.4, -0.2) is 16.6 Å². The molecular weight excluding hydrogens is 146 g/mol. The first-order valence-electron chi connectivity index (χ1n) is 3.33. The van der Waals surface area contributed by atoms with Crippen LogP contribution in [0.2, 0.25) is 0 Å². The molecule has 56 valence electrons. The van der Waals surface area contributed by atoms with Crippen molar-refractivity contribution in [1.29, 1.82) is 0 Å². The first kappa shape index (κ1) is 7.63. The fourth-order valence-electron chi connectivity index (χ4n) is 0.876. The van der Waals surface area contributed by atoms with E-state index >= 15 is 0 Å². The van der Waals surface area contributed by atoms with Crippen LogP contribution >= 0.6 is 11.5 Å². The van der Waals surface area contributed by atoms with Crippen molar-refractivity contribution in [2.45, 2.75) is 19.4 Å². The lowest BCUT2D eigenvalue weighted by atomic mass is 10.2. The summed E-state index contributed by atoms with van der Waals surface area (Å²) in [5, 5.41) is 6.95. The van der Waals surface area contributed by atoms with Crippen LogP contribution in [0.4, 0.5) is 0 Å². The second-order valence-corrected chi connectivity index (χ2v) is 2.89. The summed E-state index contributed by atoms with van der Waals surface area (Å²) in [5.74, 6) is 0. The Hall–Kier alpha value is -0.480.